The van der Waals surface area contributed by atoms with Gasteiger partial charge in [0.25, 0.3) is 0 Å². The summed E-state index contributed by atoms with van der Waals surface area (Å²) in [5.41, 5.74) is 1.78. The summed E-state index contributed by atoms with van der Waals surface area (Å²) in [5, 5.41) is 9.71. The Hall–Kier alpha value is -2.07. The van der Waals surface area contributed by atoms with Crippen LogP contribution in [-0.4, -0.2) is 22.6 Å². The summed E-state index contributed by atoms with van der Waals surface area (Å²) in [6.07, 6.45) is 3.39. The van der Waals surface area contributed by atoms with E-state index < -0.39 is 5.97 Å². The van der Waals surface area contributed by atoms with E-state index in [2.05, 4.69) is 4.98 Å². The van der Waals surface area contributed by atoms with E-state index in [0.717, 1.165) is 11.3 Å². The fraction of sp³-hybridized carbons (Fsp3) is 0.200. The third kappa shape index (κ3) is 3.48. The van der Waals surface area contributed by atoms with Crippen molar-refractivity contribution < 1.29 is 9.90 Å². The van der Waals surface area contributed by atoms with Crippen LogP contribution in [0.15, 0.2) is 48.8 Å². The van der Waals surface area contributed by atoms with Gasteiger partial charge in [0.1, 0.15) is 6.54 Å². The van der Waals surface area contributed by atoms with Crippen LogP contribution in [-0.2, 0) is 4.79 Å². The highest BCUT2D eigenvalue weighted by molar-refractivity contribution is 6.30. The highest BCUT2D eigenvalue weighted by Gasteiger charge is 2.19. The van der Waals surface area contributed by atoms with Crippen LogP contribution in [0.5, 0.6) is 0 Å². The van der Waals surface area contributed by atoms with Gasteiger partial charge < -0.3 is 10.0 Å². The molecule has 0 amide bonds. The number of anilines is 1. The molecule has 2 rings (SSSR count). The molecule has 0 aliphatic rings. The second-order valence-electron chi connectivity index (χ2n) is 4.46. The number of halogens is 1. The molecular weight excluding hydrogens is 276 g/mol. The molecule has 1 atom stereocenters. The van der Waals surface area contributed by atoms with Crippen molar-refractivity contribution >= 4 is 23.3 Å². The highest BCUT2D eigenvalue weighted by atomic mass is 35.5. The van der Waals surface area contributed by atoms with E-state index >= 15 is 0 Å². The van der Waals surface area contributed by atoms with Crippen molar-refractivity contribution in [2.45, 2.75) is 13.0 Å². The van der Waals surface area contributed by atoms with Gasteiger partial charge in [0.15, 0.2) is 0 Å². The normalized spacial score (nSPS) is 11.9. The van der Waals surface area contributed by atoms with Gasteiger partial charge in [-0.15, -0.1) is 0 Å². The largest absolute Gasteiger partial charge is 0.480 e. The Morgan fingerprint density at radius 3 is 2.65 bits per heavy atom. The van der Waals surface area contributed by atoms with Crippen molar-refractivity contribution in [1.29, 1.82) is 0 Å². The molecule has 1 unspecified atom stereocenters. The number of carboxylic acids is 1. The van der Waals surface area contributed by atoms with E-state index in [-0.39, 0.29) is 12.6 Å². The molecule has 2 aromatic rings. The number of aliphatic carboxylic acids is 1. The molecule has 4 nitrogen and oxygen atoms in total. The number of carboxylic acid groups (broad SMARTS) is 1. The average molecular weight is 291 g/mol. The predicted molar refractivity (Wildman–Crippen MR) is 79.1 cm³/mol. The minimum Gasteiger partial charge on any atom is -0.480 e. The van der Waals surface area contributed by atoms with Gasteiger partial charge in [0.2, 0.25) is 0 Å². The van der Waals surface area contributed by atoms with E-state index in [9.17, 15) is 4.79 Å². The van der Waals surface area contributed by atoms with Gasteiger partial charge >= 0.3 is 5.97 Å². The van der Waals surface area contributed by atoms with Crippen LogP contribution in [0.2, 0.25) is 5.02 Å². The molecular formula is C15H15ClN2O2. The van der Waals surface area contributed by atoms with Crippen molar-refractivity contribution in [3.63, 3.8) is 0 Å². The van der Waals surface area contributed by atoms with Gasteiger partial charge in [-0.25, -0.2) is 0 Å². The van der Waals surface area contributed by atoms with Crippen molar-refractivity contribution in [2.75, 3.05) is 11.4 Å². The summed E-state index contributed by atoms with van der Waals surface area (Å²) >= 11 is 5.99. The Labute approximate surface area is 122 Å². The number of aromatic nitrogens is 1. The van der Waals surface area contributed by atoms with Gasteiger partial charge in [-0.1, -0.05) is 17.7 Å². The summed E-state index contributed by atoms with van der Waals surface area (Å²) in [4.78, 5) is 16.9. The Kier molecular flexibility index (Phi) is 4.58. The van der Waals surface area contributed by atoms with E-state index in [4.69, 9.17) is 16.7 Å². The van der Waals surface area contributed by atoms with Crippen LogP contribution < -0.4 is 4.90 Å². The number of rotatable bonds is 5. The second-order valence-corrected chi connectivity index (χ2v) is 4.89. The summed E-state index contributed by atoms with van der Waals surface area (Å²) in [6.45, 7) is 1.86. The molecule has 0 radical (unpaired) electrons. The molecule has 1 heterocycles. The Morgan fingerprint density at radius 1 is 1.35 bits per heavy atom. The first-order valence-corrected chi connectivity index (χ1v) is 6.59. The van der Waals surface area contributed by atoms with Crippen LogP contribution >= 0.6 is 11.6 Å². The van der Waals surface area contributed by atoms with Crippen molar-refractivity contribution in [3.8, 4) is 0 Å². The zero-order valence-electron chi connectivity index (χ0n) is 11.0. The molecule has 1 N–H and O–H groups in total. The number of nitrogens with zero attached hydrogens (tertiary/aromatic N) is 2. The summed E-state index contributed by atoms with van der Waals surface area (Å²) in [6, 6.07) is 10.9. The molecule has 1 aromatic heterocycles. The molecule has 0 fully saturated rings. The standard InChI is InChI=1S/C15H15ClN2O2/c1-11(12-5-7-17-8-6-12)18(10-15(19)20)14-4-2-3-13(16)9-14/h2-9,11H,10H2,1H3,(H,19,20). The molecule has 1 aromatic carbocycles. The van der Waals surface area contributed by atoms with Crippen LogP contribution in [0.25, 0.3) is 0 Å². The minimum absolute atomic E-state index is 0.0902. The first-order chi connectivity index (χ1) is 9.58. The van der Waals surface area contributed by atoms with E-state index in [1.165, 1.54) is 0 Å². The molecule has 0 bridgehead atoms. The highest BCUT2D eigenvalue weighted by Crippen LogP contribution is 2.28. The average Bonchev–Trinajstić information content (AvgIpc) is 2.45. The van der Waals surface area contributed by atoms with E-state index in [1.54, 1.807) is 29.4 Å². The second kappa shape index (κ2) is 6.39. The lowest BCUT2D eigenvalue weighted by Gasteiger charge is -2.30. The maximum Gasteiger partial charge on any atom is 0.323 e. The third-order valence-corrected chi connectivity index (χ3v) is 3.34. The fourth-order valence-corrected chi connectivity index (χ4v) is 2.26. The van der Waals surface area contributed by atoms with Crippen LogP contribution in [0.4, 0.5) is 5.69 Å². The van der Waals surface area contributed by atoms with Gasteiger partial charge in [0.05, 0.1) is 6.04 Å². The first-order valence-electron chi connectivity index (χ1n) is 6.22. The smallest absolute Gasteiger partial charge is 0.323 e. The Balaban J connectivity index is 2.35. The van der Waals surface area contributed by atoms with Crippen molar-refractivity contribution in [3.05, 3.63) is 59.4 Å². The number of hydrogen-bond acceptors (Lipinski definition) is 3. The molecule has 0 spiro atoms. The topological polar surface area (TPSA) is 53.4 Å². The van der Waals surface area contributed by atoms with Crippen LogP contribution in [0.1, 0.15) is 18.5 Å². The maximum absolute atomic E-state index is 11.1. The third-order valence-electron chi connectivity index (χ3n) is 3.10. The van der Waals surface area contributed by atoms with Crippen LogP contribution in [0.3, 0.4) is 0 Å². The lowest BCUT2D eigenvalue weighted by Crippen LogP contribution is -2.32. The lowest BCUT2D eigenvalue weighted by molar-refractivity contribution is -0.135. The lowest BCUT2D eigenvalue weighted by atomic mass is 10.1. The monoisotopic (exact) mass is 290 g/mol. The maximum atomic E-state index is 11.1. The zero-order chi connectivity index (χ0) is 14.5. The molecule has 0 aliphatic carbocycles. The Morgan fingerprint density at radius 2 is 2.05 bits per heavy atom. The molecule has 5 heteroatoms. The van der Waals surface area contributed by atoms with Crippen LogP contribution in [0, 0.1) is 0 Å². The fourth-order valence-electron chi connectivity index (χ4n) is 2.07. The molecule has 104 valence electrons. The molecule has 0 saturated carbocycles. The van der Waals surface area contributed by atoms with Crippen molar-refractivity contribution in [2.24, 2.45) is 0 Å². The van der Waals surface area contributed by atoms with E-state index in [0.29, 0.717) is 5.02 Å². The number of pyridine rings is 1. The quantitative estimate of drug-likeness (QED) is 0.917. The SMILES string of the molecule is CC(c1ccncc1)N(CC(=O)O)c1cccc(Cl)c1. The van der Waals surface area contributed by atoms with Gasteiger partial charge in [-0.3, -0.25) is 9.78 Å². The molecule has 20 heavy (non-hydrogen) atoms. The van der Waals surface area contributed by atoms with E-state index in [1.807, 2.05) is 31.2 Å². The first kappa shape index (κ1) is 14.3. The number of benzene rings is 1. The summed E-state index contributed by atoms with van der Waals surface area (Å²) < 4.78 is 0. The molecule has 0 aliphatic heterocycles. The summed E-state index contributed by atoms with van der Waals surface area (Å²) in [7, 11) is 0. The minimum atomic E-state index is -0.883. The Bertz CT molecular complexity index is 589. The number of hydrogen-bond donors (Lipinski definition) is 1. The van der Waals surface area contributed by atoms with Gasteiger partial charge in [-0.05, 0) is 42.8 Å². The number of carbonyl (C=O) groups is 1. The summed E-state index contributed by atoms with van der Waals surface area (Å²) in [5.74, 6) is -0.883. The zero-order valence-corrected chi connectivity index (χ0v) is 11.8. The van der Waals surface area contributed by atoms with Crippen molar-refractivity contribution in [1.82, 2.24) is 4.98 Å². The predicted octanol–water partition coefficient (Wildman–Crippen LogP) is 3.39. The van der Waals surface area contributed by atoms with Gasteiger partial charge in [0, 0.05) is 23.1 Å². The van der Waals surface area contributed by atoms with Gasteiger partial charge in [-0.2, -0.15) is 0 Å². The molecule has 0 saturated heterocycles.